The summed E-state index contributed by atoms with van der Waals surface area (Å²) in [7, 11) is 0. The normalized spacial score (nSPS) is 13.1. The quantitative estimate of drug-likeness (QED) is 0.496. The number of carbonyl (C=O) groups excluding carboxylic acids is 1. The van der Waals surface area contributed by atoms with Gasteiger partial charge in [0.25, 0.3) is 0 Å². The third kappa shape index (κ3) is 3.69. The molecule has 0 N–H and O–H groups in total. The second-order valence-corrected chi connectivity index (χ2v) is 6.78. The average molecular weight is 374 g/mol. The average Bonchev–Trinajstić information content (AvgIpc) is 2.99. The van der Waals surface area contributed by atoms with Gasteiger partial charge in [-0.25, -0.2) is 0 Å². The van der Waals surface area contributed by atoms with Gasteiger partial charge >= 0.3 is 0 Å². The second kappa shape index (κ2) is 7.72. The van der Waals surface area contributed by atoms with Crippen molar-refractivity contribution in [1.82, 2.24) is 9.78 Å². The van der Waals surface area contributed by atoms with Crippen molar-refractivity contribution in [3.63, 3.8) is 0 Å². The van der Waals surface area contributed by atoms with Gasteiger partial charge in [0.15, 0.2) is 17.3 Å². The topological polar surface area (TPSA) is 53.4 Å². The lowest BCUT2D eigenvalue weighted by Crippen LogP contribution is -2.15. The van der Waals surface area contributed by atoms with Crippen molar-refractivity contribution < 1.29 is 14.3 Å². The van der Waals surface area contributed by atoms with Crippen molar-refractivity contribution in [3.05, 3.63) is 82.7 Å². The van der Waals surface area contributed by atoms with Gasteiger partial charge in [-0.3, -0.25) is 9.48 Å². The fraction of sp³-hybridized carbons (Fsp3) is 0.217. The summed E-state index contributed by atoms with van der Waals surface area (Å²) in [6, 6.07) is 15.5. The lowest BCUT2D eigenvalue weighted by molar-refractivity contribution is 0.104. The molecule has 1 aliphatic rings. The van der Waals surface area contributed by atoms with E-state index in [1.54, 1.807) is 24.3 Å². The summed E-state index contributed by atoms with van der Waals surface area (Å²) in [6.07, 6.45) is 3.44. The zero-order chi connectivity index (χ0) is 19.5. The Kier molecular flexibility index (Phi) is 4.98. The van der Waals surface area contributed by atoms with Crippen LogP contribution >= 0.6 is 0 Å². The number of ketones is 1. The highest BCUT2D eigenvalue weighted by molar-refractivity contribution is 6.07. The summed E-state index contributed by atoms with van der Waals surface area (Å²) < 4.78 is 13.0. The van der Waals surface area contributed by atoms with E-state index in [-0.39, 0.29) is 5.78 Å². The third-order valence-corrected chi connectivity index (χ3v) is 4.84. The van der Waals surface area contributed by atoms with Crippen molar-refractivity contribution in [2.45, 2.75) is 20.4 Å². The van der Waals surface area contributed by atoms with Crippen LogP contribution in [0.4, 0.5) is 0 Å². The van der Waals surface area contributed by atoms with Crippen LogP contribution in [0.25, 0.3) is 6.08 Å². The van der Waals surface area contributed by atoms with Crippen molar-refractivity contribution in [1.29, 1.82) is 0 Å². The van der Waals surface area contributed by atoms with Crippen LogP contribution in [-0.4, -0.2) is 28.8 Å². The standard InChI is InChI=1S/C23H22N2O3/c1-16-20(17(2)25(24-16)15-18-6-4-3-5-7-18)9-10-21(26)19-8-11-22-23(14-19)28-13-12-27-22/h3-11,14H,12-13,15H2,1-2H3/b10-9+. The molecule has 0 atom stereocenters. The molecule has 0 fully saturated rings. The molecule has 0 saturated heterocycles. The van der Waals surface area contributed by atoms with Crippen LogP contribution in [0.15, 0.2) is 54.6 Å². The summed E-state index contributed by atoms with van der Waals surface area (Å²) in [5, 5.41) is 4.63. The van der Waals surface area contributed by atoms with Gasteiger partial charge in [0.2, 0.25) is 0 Å². The Bertz CT molecular complexity index is 1040. The fourth-order valence-corrected chi connectivity index (χ4v) is 3.31. The van der Waals surface area contributed by atoms with Crippen LogP contribution in [-0.2, 0) is 6.54 Å². The molecule has 2 aromatic carbocycles. The highest BCUT2D eigenvalue weighted by atomic mass is 16.6. The maximum Gasteiger partial charge on any atom is 0.185 e. The van der Waals surface area contributed by atoms with Crippen LogP contribution in [0.5, 0.6) is 11.5 Å². The van der Waals surface area contributed by atoms with Crippen LogP contribution in [0, 0.1) is 13.8 Å². The number of hydrogen-bond donors (Lipinski definition) is 0. The lowest BCUT2D eigenvalue weighted by atomic mass is 10.1. The van der Waals surface area contributed by atoms with Crippen molar-refractivity contribution in [2.75, 3.05) is 13.2 Å². The molecule has 0 unspecified atom stereocenters. The molecule has 1 aliphatic heterocycles. The molecule has 1 aromatic heterocycles. The predicted octanol–water partition coefficient (Wildman–Crippen LogP) is 4.22. The van der Waals surface area contributed by atoms with Gasteiger partial charge < -0.3 is 9.47 Å². The monoisotopic (exact) mass is 374 g/mol. The Morgan fingerprint density at radius 3 is 2.61 bits per heavy atom. The first-order valence-corrected chi connectivity index (χ1v) is 9.32. The van der Waals surface area contributed by atoms with Crippen molar-refractivity contribution >= 4 is 11.9 Å². The fourth-order valence-electron chi connectivity index (χ4n) is 3.31. The molecule has 4 rings (SSSR count). The van der Waals surface area contributed by atoms with E-state index in [0.29, 0.717) is 36.8 Å². The highest BCUT2D eigenvalue weighted by Crippen LogP contribution is 2.31. The van der Waals surface area contributed by atoms with Crippen LogP contribution in [0.2, 0.25) is 0 Å². The second-order valence-electron chi connectivity index (χ2n) is 6.78. The Morgan fingerprint density at radius 2 is 1.82 bits per heavy atom. The van der Waals surface area contributed by atoms with E-state index in [4.69, 9.17) is 9.47 Å². The molecular formula is C23H22N2O3. The highest BCUT2D eigenvalue weighted by Gasteiger charge is 2.14. The lowest BCUT2D eigenvalue weighted by Gasteiger charge is -2.18. The van der Waals surface area contributed by atoms with E-state index in [0.717, 1.165) is 17.0 Å². The third-order valence-electron chi connectivity index (χ3n) is 4.84. The predicted molar refractivity (Wildman–Crippen MR) is 108 cm³/mol. The molecule has 0 radical (unpaired) electrons. The number of nitrogens with zero attached hydrogens (tertiary/aromatic N) is 2. The number of aryl methyl sites for hydroxylation is 1. The smallest absolute Gasteiger partial charge is 0.185 e. The van der Waals surface area contributed by atoms with Crippen LogP contribution in [0.1, 0.15) is 32.9 Å². The summed E-state index contributed by atoms with van der Waals surface area (Å²) >= 11 is 0. The molecule has 28 heavy (non-hydrogen) atoms. The van der Waals surface area contributed by atoms with E-state index >= 15 is 0 Å². The minimum atomic E-state index is -0.0772. The molecule has 5 heteroatoms. The molecule has 0 aliphatic carbocycles. The Labute approximate surface area is 164 Å². The summed E-state index contributed by atoms with van der Waals surface area (Å²) in [5.41, 5.74) is 4.68. The minimum Gasteiger partial charge on any atom is -0.486 e. The van der Waals surface area contributed by atoms with E-state index in [1.807, 2.05) is 42.8 Å². The number of hydrogen-bond acceptors (Lipinski definition) is 4. The van der Waals surface area contributed by atoms with Gasteiger partial charge in [-0.15, -0.1) is 0 Å². The zero-order valence-corrected chi connectivity index (χ0v) is 16.0. The number of carbonyl (C=O) groups is 1. The number of rotatable bonds is 5. The molecule has 3 aromatic rings. The Morgan fingerprint density at radius 1 is 1.07 bits per heavy atom. The van der Waals surface area contributed by atoms with Gasteiger partial charge in [0, 0.05) is 16.8 Å². The SMILES string of the molecule is Cc1nn(Cc2ccccc2)c(C)c1/C=C/C(=O)c1ccc2c(c1)OCCO2. The first-order chi connectivity index (χ1) is 13.6. The molecule has 0 amide bonds. The molecule has 5 nitrogen and oxygen atoms in total. The number of allylic oxidation sites excluding steroid dienone is 1. The molecule has 142 valence electrons. The number of fused-ring (bicyclic) bond motifs is 1. The summed E-state index contributed by atoms with van der Waals surface area (Å²) in [4.78, 5) is 12.6. The van der Waals surface area contributed by atoms with Crippen LogP contribution < -0.4 is 9.47 Å². The van der Waals surface area contributed by atoms with Gasteiger partial charge in [-0.05, 0) is 49.8 Å². The summed E-state index contributed by atoms with van der Waals surface area (Å²) in [6.45, 7) is 5.72. The van der Waals surface area contributed by atoms with Gasteiger partial charge in [0.1, 0.15) is 13.2 Å². The first-order valence-electron chi connectivity index (χ1n) is 9.32. The van der Waals surface area contributed by atoms with E-state index in [1.165, 1.54) is 5.56 Å². The van der Waals surface area contributed by atoms with Crippen LogP contribution in [0.3, 0.4) is 0 Å². The van der Waals surface area contributed by atoms with E-state index in [2.05, 4.69) is 17.2 Å². The minimum absolute atomic E-state index is 0.0772. The molecule has 0 saturated carbocycles. The first kappa shape index (κ1) is 18.0. The number of aromatic nitrogens is 2. The number of ether oxygens (including phenoxy) is 2. The molecule has 2 heterocycles. The largest absolute Gasteiger partial charge is 0.486 e. The van der Waals surface area contributed by atoms with E-state index < -0.39 is 0 Å². The molecular weight excluding hydrogens is 352 g/mol. The maximum absolute atomic E-state index is 12.6. The van der Waals surface area contributed by atoms with Crippen molar-refractivity contribution in [3.8, 4) is 11.5 Å². The van der Waals surface area contributed by atoms with Crippen molar-refractivity contribution in [2.24, 2.45) is 0 Å². The number of benzene rings is 2. The van der Waals surface area contributed by atoms with E-state index in [9.17, 15) is 4.79 Å². The molecule has 0 spiro atoms. The Hall–Kier alpha value is -3.34. The zero-order valence-electron chi connectivity index (χ0n) is 16.0. The van der Waals surface area contributed by atoms with Gasteiger partial charge in [0.05, 0.1) is 12.2 Å². The molecule has 0 bridgehead atoms. The Balaban J connectivity index is 1.53. The van der Waals surface area contributed by atoms with Gasteiger partial charge in [-0.1, -0.05) is 30.3 Å². The maximum atomic E-state index is 12.6. The summed E-state index contributed by atoms with van der Waals surface area (Å²) in [5.74, 6) is 1.22. The van der Waals surface area contributed by atoms with Gasteiger partial charge in [-0.2, -0.15) is 5.10 Å².